The normalized spacial score (nSPS) is 26.1. The van der Waals surface area contributed by atoms with Gasteiger partial charge in [0.25, 0.3) is 5.91 Å². The van der Waals surface area contributed by atoms with Crippen LogP contribution in [0.5, 0.6) is 0 Å². The second-order valence-corrected chi connectivity index (χ2v) is 6.24. The summed E-state index contributed by atoms with van der Waals surface area (Å²) in [6.07, 6.45) is 3.83. The molecule has 1 aromatic rings. The number of hydrogen-bond acceptors (Lipinski definition) is 2. The van der Waals surface area contributed by atoms with E-state index in [4.69, 9.17) is 11.6 Å². The van der Waals surface area contributed by atoms with Crippen molar-refractivity contribution in [3.05, 3.63) is 28.8 Å². The number of rotatable bonds is 3. The molecule has 0 radical (unpaired) electrons. The Hall–Kier alpha value is -1.22. The Bertz CT molecular complexity index is 479. The van der Waals surface area contributed by atoms with E-state index in [9.17, 15) is 4.79 Å². The third-order valence-electron chi connectivity index (χ3n) is 4.32. The van der Waals surface area contributed by atoms with E-state index in [0.717, 1.165) is 5.69 Å². The average molecular weight is 295 g/mol. The van der Waals surface area contributed by atoms with Crippen LogP contribution < -0.4 is 10.6 Å². The molecule has 20 heavy (non-hydrogen) atoms. The largest absolute Gasteiger partial charge is 0.382 e. The molecule has 1 aliphatic rings. The summed E-state index contributed by atoms with van der Waals surface area (Å²) in [6.45, 7) is 4.59. The summed E-state index contributed by atoms with van der Waals surface area (Å²) in [6, 6.07) is 6.03. The lowest BCUT2D eigenvalue weighted by atomic mass is 9.78. The highest BCUT2D eigenvalue weighted by Crippen LogP contribution is 2.32. The van der Waals surface area contributed by atoms with Crippen LogP contribution in [0, 0.1) is 11.8 Å². The van der Waals surface area contributed by atoms with E-state index >= 15 is 0 Å². The molecule has 3 nitrogen and oxygen atoms in total. The van der Waals surface area contributed by atoms with Crippen LogP contribution in [0.1, 0.15) is 43.5 Å². The zero-order valence-electron chi connectivity index (χ0n) is 12.4. The maximum atomic E-state index is 11.8. The fourth-order valence-corrected chi connectivity index (χ4v) is 3.29. The minimum Gasteiger partial charge on any atom is -0.382 e. The van der Waals surface area contributed by atoms with Crippen molar-refractivity contribution in [3.8, 4) is 0 Å². The monoisotopic (exact) mass is 294 g/mol. The quantitative estimate of drug-likeness (QED) is 0.886. The summed E-state index contributed by atoms with van der Waals surface area (Å²) in [5.41, 5.74) is 1.49. The highest BCUT2D eigenvalue weighted by molar-refractivity contribution is 6.34. The van der Waals surface area contributed by atoms with E-state index in [1.807, 2.05) is 12.1 Å². The number of carbonyl (C=O) groups is 1. The van der Waals surface area contributed by atoms with Gasteiger partial charge in [-0.2, -0.15) is 0 Å². The fraction of sp³-hybridized carbons (Fsp3) is 0.562. The van der Waals surface area contributed by atoms with Crippen LogP contribution in [0.4, 0.5) is 5.69 Å². The van der Waals surface area contributed by atoms with Crippen molar-refractivity contribution in [2.75, 3.05) is 12.4 Å². The number of amides is 1. The summed E-state index contributed by atoms with van der Waals surface area (Å²) in [5.74, 6) is 1.15. The molecule has 0 aromatic heterocycles. The molecular weight excluding hydrogens is 272 g/mol. The lowest BCUT2D eigenvalue weighted by molar-refractivity contribution is 0.0963. The van der Waals surface area contributed by atoms with Crippen molar-refractivity contribution in [3.63, 3.8) is 0 Å². The molecule has 1 amide bonds. The first-order valence-corrected chi connectivity index (χ1v) is 7.69. The minimum absolute atomic E-state index is 0.150. The van der Waals surface area contributed by atoms with Gasteiger partial charge in [0.15, 0.2) is 0 Å². The Morgan fingerprint density at radius 3 is 2.50 bits per heavy atom. The zero-order chi connectivity index (χ0) is 14.7. The van der Waals surface area contributed by atoms with E-state index < -0.39 is 0 Å². The van der Waals surface area contributed by atoms with Gasteiger partial charge in [0.2, 0.25) is 0 Å². The number of benzene rings is 1. The summed E-state index contributed by atoms with van der Waals surface area (Å²) in [5, 5.41) is 6.69. The van der Waals surface area contributed by atoms with Crippen LogP contribution in [-0.4, -0.2) is 19.0 Å². The van der Waals surface area contributed by atoms with Crippen molar-refractivity contribution in [2.24, 2.45) is 11.8 Å². The van der Waals surface area contributed by atoms with Crippen molar-refractivity contribution in [2.45, 2.75) is 39.2 Å². The highest BCUT2D eigenvalue weighted by atomic mass is 35.5. The van der Waals surface area contributed by atoms with Crippen molar-refractivity contribution in [1.29, 1.82) is 0 Å². The van der Waals surface area contributed by atoms with Gasteiger partial charge in [-0.3, -0.25) is 4.79 Å². The first kappa shape index (κ1) is 15.2. The Morgan fingerprint density at radius 1 is 1.25 bits per heavy atom. The highest BCUT2D eigenvalue weighted by Gasteiger charge is 2.27. The molecule has 110 valence electrons. The zero-order valence-corrected chi connectivity index (χ0v) is 13.1. The predicted octanol–water partition coefficient (Wildman–Crippen LogP) is 3.94. The van der Waals surface area contributed by atoms with E-state index in [-0.39, 0.29) is 5.91 Å². The van der Waals surface area contributed by atoms with Crippen molar-refractivity contribution < 1.29 is 4.79 Å². The van der Waals surface area contributed by atoms with Crippen LogP contribution in [-0.2, 0) is 0 Å². The fourth-order valence-electron chi connectivity index (χ4n) is 3.08. The van der Waals surface area contributed by atoms with Crippen LogP contribution in [0.2, 0.25) is 5.02 Å². The molecule has 0 saturated heterocycles. The lowest BCUT2D eigenvalue weighted by Crippen LogP contribution is -2.37. The van der Waals surface area contributed by atoms with Gasteiger partial charge in [0, 0.05) is 18.8 Å². The minimum atomic E-state index is -0.150. The number of nitrogens with one attached hydrogen (secondary N) is 2. The molecule has 1 aliphatic carbocycles. The first-order valence-electron chi connectivity index (χ1n) is 7.31. The molecule has 0 heterocycles. The number of hydrogen-bond donors (Lipinski definition) is 2. The van der Waals surface area contributed by atoms with Crippen LogP contribution in [0.3, 0.4) is 0 Å². The molecule has 2 rings (SSSR count). The molecule has 0 aliphatic heterocycles. The van der Waals surface area contributed by atoms with Gasteiger partial charge in [-0.15, -0.1) is 0 Å². The van der Waals surface area contributed by atoms with Crippen LogP contribution in [0.15, 0.2) is 18.2 Å². The maximum absolute atomic E-state index is 11.8. The summed E-state index contributed by atoms with van der Waals surface area (Å²) in [4.78, 5) is 11.8. The Kier molecular flexibility index (Phi) is 4.92. The summed E-state index contributed by atoms with van der Waals surface area (Å²) in [7, 11) is 1.62. The third-order valence-corrected chi connectivity index (χ3v) is 4.65. The smallest absolute Gasteiger partial charge is 0.252 e. The van der Waals surface area contributed by atoms with E-state index in [1.165, 1.54) is 19.3 Å². The van der Waals surface area contributed by atoms with Gasteiger partial charge in [-0.25, -0.2) is 0 Å². The SMILES string of the molecule is CNC(=O)c1cc(NC2C(C)CCCC2C)ccc1Cl. The summed E-state index contributed by atoms with van der Waals surface area (Å²) < 4.78 is 0. The van der Waals surface area contributed by atoms with E-state index in [2.05, 4.69) is 24.5 Å². The molecule has 4 heteroatoms. The van der Waals surface area contributed by atoms with Crippen LogP contribution >= 0.6 is 11.6 Å². The summed E-state index contributed by atoms with van der Waals surface area (Å²) >= 11 is 6.08. The molecule has 2 N–H and O–H groups in total. The maximum Gasteiger partial charge on any atom is 0.252 e. The van der Waals surface area contributed by atoms with Gasteiger partial charge in [0.1, 0.15) is 0 Å². The van der Waals surface area contributed by atoms with Gasteiger partial charge in [-0.05, 0) is 42.9 Å². The standard InChI is InChI=1S/C16H23ClN2O/c1-10-5-4-6-11(2)15(10)19-12-7-8-14(17)13(9-12)16(20)18-3/h7-11,15,19H,4-6H2,1-3H3,(H,18,20). The van der Waals surface area contributed by atoms with E-state index in [1.54, 1.807) is 13.1 Å². The number of halogens is 1. The number of carbonyl (C=O) groups excluding carboxylic acids is 1. The molecule has 0 bridgehead atoms. The lowest BCUT2D eigenvalue weighted by Gasteiger charge is -2.36. The average Bonchev–Trinajstić information content (AvgIpc) is 2.44. The van der Waals surface area contributed by atoms with Crippen molar-refractivity contribution in [1.82, 2.24) is 5.32 Å². The predicted molar refractivity (Wildman–Crippen MR) is 84.4 cm³/mol. The third kappa shape index (κ3) is 3.26. The van der Waals surface area contributed by atoms with Gasteiger partial charge in [-0.1, -0.05) is 31.9 Å². The second-order valence-electron chi connectivity index (χ2n) is 5.83. The molecule has 2 atom stereocenters. The van der Waals surface area contributed by atoms with Gasteiger partial charge in [0.05, 0.1) is 10.6 Å². The van der Waals surface area contributed by atoms with Gasteiger partial charge >= 0.3 is 0 Å². The van der Waals surface area contributed by atoms with Gasteiger partial charge < -0.3 is 10.6 Å². The Morgan fingerprint density at radius 2 is 1.90 bits per heavy atom. The van der Waals surface area contributed by atoms with E-state index in [0.29, 0.717) is 28.5 Å². The molecule has 2 unspecified atom stereocenters. The molecule has 1 aromatic carbocycles. The first-order chi connectivity index (χ1) is 9.52. The van der Waals surface area contributed by atoms with Crippen LogP contribution in [0.25, 0.3) is 0 Å². The topological polar surface area (TPSA) is 41.1 Å². The second kappa shape index (κ2) is 6.49. The molecule has 1 fully saturated rings. The number of anilines is 1. The molecule has 1 saturated carbocycles. The molecular formula is C16H23ClN2O. The van der Waals surface area contributed by atoms with Crippen molar-refractivity contribution >= 4 is 23.2 Å². The Balaban J connectivity index is 2.19. The molecule has 0 spiro atoms. The Labute approximate surface area is 126 Å².